The Hall–Kier alpha value is -5.46. The Kier molecular flexibility index (Phi) is 16.4. The van der Waals surface area contributed by atoms with Gasteiger partial charge in [0.05, 0.1) is 32.3 Å². The molecule has 0 aliphatic heterocycles. The molecule has 2 heterocycles. The number of oxime groups is 1. The minimum absolute atomic E-state index is 0.0544. The molecular weight excluding hydrogens is 818 g/mol. The van der Waals surface area contributed by atoms with Gasteiger partial charge in [-0.3, -0.25) is 9.59 Å². The van der Waals surface area contributed by atoms with Gasteiger partial charge in [-0.15, -0.1) is 31.5 Å². The summed E-state index contributed by atoms with van der Waals surface area (Å²) in [5.74, 6) is -1.05. The molecule has 0 radical (unpaired) electrons. The molecule has 0 aliphatic carbocycles. The smallest absolute Gasteiger partial charge is 0.423 e. The van der Waals surface area contributed by atoms with Crippen LogP contribution in [0.2, 0.25) is 15.2 Å². The Morgan fingerprint density at radius 2 is 1.14 bits per heavy atom. The highest BCUT2D eigenvalue weighted by Crippen LogP contribution is 2.36. The Morgan fingerprint density at radius 1 is 0.679 bits per heavy atom. The van der Waals surface area contributed by atoms with Crippen molar-refractivity contribution in [2.75, 3.05) is 0 Å². The van der Waals surface area contributed by atoms with E-state index in [9.17, 15) is 35.9 Å². The molecule has 0 saturated carbocycles. The van der Waals surface area contributed by atoms with Crippen molar-refractivity contribution in [1.82, 2.24) is 9.97 Å². The number of fused-ring (bicyclic) bond motifs is 2. The number of aromatic nitrogens is 2. The van der Waals surface area contributed by atoms with E-state index in [1.54, 1.807) is 43.3 Å². The molecule has 10 nitrogen and oxygen atoms in total. The summed E-state index contributed by atoms with van der Waals surface area (Å²) < 4.78 is 80.8. The molecule has 56 heavy (non-hydrogen) atoms. The van der Waals surface area contributed by atoms with E-state index < -0.39 is 31.3 Å². The van der Waals surface area contributed by atoms with E-state index in [0.717, 1.165) is 23.6 Å². The van der Waals surface area contributed by atoms with E-state index in [0.29, 0.717) is 44.6 Å². The summed E-state index contributed by atoms with van der Waals surface area (Å²) in [6.07, 6.45) is -7.18. The first-order chi connectivity index (χ1) is 26.4. The zero-order valence-corrected chi connectivity index (χ0v) is 30.5. The molecule has 0 amide bonds. The molecule has 0 saturated heterocycles. The molecule has 0 atom stereocenters. The lowest BCUT2D eigenvalue weighted by Gasteiger charge is -2.14. The first kappa shape index (κ1) is 44.9. The molecule has 4 aromatic carbocycles. The van der Waals surface area contributed by atoms with Crippen LogP contribution in [0, 0.1) is 0 Å². The summed E-state index contributed by atoms with van der Waals surface area (Å²) in [6.45, 7) is 1.64. The van der Waals surface area contributed by atoms with Gasteiger partial charge in [0.1, 0.15) is 16.7 Å². The molecule has 6 rings (SSSR count). The van der Waals surface area contributed by atoms with Crippen LogP contribution in [0.4, 0.5) is 26.3 Å². The number of benzene rings is 4. The fourth-order valence-corrected chi connectivity index (χ4v) is 5.14. The van der Waals surface area contributed by atoms with Gasteiger partial charge in [0, 0.05) is 33.6 Å². The van der Waals surface area contributed by atoms with Crippen LogP contribution in [0.1, 0.15) is 27.6 Å². The first-order valence-corrected chi connectivity index (χ1v) is 16.5. The predicted octanol–water partition coefficient (Wildman–Crippen LogP) is 9.35. The summed E-state index contributed by atoms with van der Waals surface area (Å²) in [6, 6.07) is 23.9. The number of pyridine rings is 2. The monoisotopic (exact) mass is 841 g/mol. The van der Waals surface area contributed by atoms with Crippen LogP contribution in [0.15, 0.2) is 102 Å². The van der Waals surface area contributed by atoms with Gasteiger partial charge in [-0.2, -0.15) is 0 Å². The lowest BCUT2D eigenvalue weighted by atomic mass is 9.80. The van der Waals surface area contributed by atoms with Crippen molar-refractivity contribution in [1.29, 1.82) is 0 Å². The number of carbonyl (C=O) groups excluding carboxylic acids is 2. The minimum atomic E-state index is -4.86. The second-order valence-corrected chi connectivity index (χ2v) is 11.7. The second-order valence-electron chi connectivity index (χ2n) is 10.5. The maximum absolute atomic E-state index is 12.6. The van der Waals surface area contributed by atoms with Crippen molar-refractivity contribution in [2.24, 2.45) is 5.16 Å². The number of alkyl halides is 6. The molecule has 0 fully saturated rings. The van der Waals surface area contributed by atoms with Crippen molar-refractivity contribution < 1.29 is 60.7 Å². The number of aldehydes is 2. The zero-order valence-electron chi connectivity index (χ0n) is 28.3. The molecule has 0 unspecified atom stereocenters. The highest BCUT2D eigenvalue weighted by Gasteiger charge is 2.34. The predicted molar refractivity (Wildman–Crippen MR) is 200 cm³/mol. The Labute approximate surface area is 328 Å². The van der Waals surface area contributed by atoms with Crippen LogP contribution >= 0.6 is 34.8 Å². The summed E-state index contributed by atoms with van der Waals surface area (Å²) in [4.78, 5) is 30.3. The molecule has 3 N–H and O–H groups in total. The minimum Gasteiger partial charge on any atom is -0.423 e. The van der Waals surface area contributed by atoms with Crippen molar-refractivity contribution >= 4 is 88.0 Å². The Balaban J connectivity index is 0.000000226. The summed E-state index contributed by atoms with van der Waals surface area (Å²) in [5, 5.41) is 29.9. The number of hydrogen-bond donors (Lipinski definition) is 3. The van der Waals surface area contributed by atoms with Crippen LogP contribution in [0.25, 0.3) is 33.1 Å². The van der Waals surface area contributed by atoms with E-state index in [-0.39, 0.29) is 27.4 Å². The van der Waals surface area contributed by atoms with E-state index in [4.69, 9.17) is 50.1 Å². The fourth-order valence-electron chi connectivity index (χ4n) is 4.51. The number of ether oxygens (including phenoxy) is 2. The summed E-state index contributed by atoms with van der Waals surface area (Å²) in [5.41, 5.74) is 1.32. The van der Waals surface area contributed by atoms with Gasteiger partial charge < -0.3 is 24.7 Å². The van der Waals surface area contributed by atoms with Gasteiger partial charge in [0.15, 0.2) is 12.6 Å². The maximum Gasteiger partial charge on any atom is 0.573 e. The van der Waals surface area contributed by atoms with Crippen LogP contribution in [0.3, 0.4) is 0 Å². The third-order valence-electron chi connectivity index (χ3n) is 6.76. The van der Waals surface area contributed by atoms with Gasteiger partial charge in [0.25, 0.3) is 0 Å². The van der Waals surface area contributed by atoms with Gasteiger partial charge in [-0.1, -0.05) is 89.4 Å². The van der Waals surface area contributed by atoms with Gasteiger partial charge in [-0.05, 0) is 49.4 Å². The van der Waals surface area contributed by atoms with Gasteiger partial charge in [-0.25, -0.2) is 9.97 Å². The van der Waals surface area contributed by atoms with Crippen LogP contribution < -0.4 is 14.9 Å². The normalized spacial score (nSPS) is 11.0. The van der Waals surface area contributed by atoms with Gasteiger partial charge >= 0.3 is 19.8 Å². The van der Waals surface area contributed by atoms with Crippen LogP contribution in [-0.4, -0.2) is 63.9 Å². The molecule has 2 aromatic heterocycles. The standard InChI is InChI=1S/C17H9ClF3NO2.C10H5Cl2NO.C7H6BF3O3.C2H5NO/c18-13-6-3-4-10-8-11(9-23)15(22-16(10)13)12-5-1-2-7-14(12)24-17(19,20)21;11-8-3-1-2-6-4-7(5-14)10(12)13-9(6)8;9-7(10,11)14-6-4-2-1-3-5(6)8(12)13;1-2-3-4/h1-9H;1-5H;1-4,12-13H;2,4H,1H3/b;;;3-2+. The fraction of sp³-hybridized carbons (Fsp3) is 0.0833. The largest absolute Gasteiger partial charge is 0.573 e. The highest BCUT2D eigenvalue weighted by atomic mass is 35.5. The summed E-state index contributed by atoms with van der Waals surface area (Å²) in [7, 11) is -1.99. The van der Waals surface area contributed by atoms with E-state index in [1.165, 1.54) is 42.6 Å². The topological polar surface area (TPSA) is 151 Å². The van der Waals surface area contributed by atoms with Gasteiger partial charge in [0.2, 0.25) is 0 Å². The van der Waals surface area contributed by atoms with Crippen molar-refractivity contribution in [3.63, 3.8) is 0 Å². The third kappa shape index (κ3) is 13.1. The SMILES string of the molecule is C/C=N/O.O=Cc1cc2cccc(Cl)c2nc1-c1ccccc1OC(F)(F)F.O=Cc1cc2cccc(Cl)c2nc1Cl.OB(O)c1ccccc1OC(F)(F)F. The molecule has 292 valence electrons. The lowest BCUT2D eigenvalue weighted by molar-refractivity contribution is -0.275. The maximum atomic E-state index is 12.6. The molecule has 0 spiro atoms. The highest BCUT2D eigenvalue weighted by molar-refractivity contribution is 6.59. The number of halogens is 9. The zero-order chi connectivity index (χ0) is 41.6. The Morgan fingerprint density at radius 3 is 1.64 bits per heavy atom. The third-order valence-corrected chi connectivity index (χ3v) is 7.68. The first-order valence-electron chi connectivity index (χ1n) is 15.3. The van der Waals surface area contributed by atoms with E-state index in [1.807, 2.05) is 6.07 Å². The van der Waals surface area contributed by atoms with Crippen LogP contribution in [-0.2, 0) is 0 Å². The van der Waals surface area contributed by atoms with E-state index in [2.05, 4.69) is 24.6 Å². The molecule has 0 bridgehead atoms. The second kappa shape index (κ2) is 20.5. The van der Waals surface area contributed by atoms with Crippen molar-refractivity contribution in [3.8, 4) is 22.8 Å². The van der Waals surface area contributed by atoms with Crippen molar-refractivity contribution in [3.05, 3.63) is 123 Å². The van der Waals surface area contributed by atoms with Crippen LogP contribution in [0.5, 0.6) is 11.5 Å². The Bertz CT molecular complexity index is 2310. The average Bonchev–Trinajstić information content (AvgIpc) is 3.14. The lowest BCUT2D eigenvalue weighted by Crippen LogP contribution is -2.33. The number of rotatable bonds is 6. The summed E-state index contributed by atoms with van der Waals surface area (Å²) >= 11 is 17.8. The quantitative estimate of drug-likeness (QED) is 0.0283. The molecule has 6 aromatic rings. The number of nitrogens with zero attached hydrogens (tertiary/aromatic N) is 3. The van der Waals surface area contributed by atoms with E-state index >= 15 is 0 Å². The number of hydrogen-bond acceptors (Lipinski definition) is 10. The molecule has 0 aliphatic rings. The van der Waals surface area contributed by atoms with Crippen molar-refractivity contribution in [2.45, 2.75) is 19.6 Å². The average molecular weight is 843 g/mol. The molecular formula is C36H25BCl3F6N3O7. The number of carbonyl (C=O) groups is 2. The molecule has 20 heteroatoms. The number of para-hydroxylation sites is 4.